The Morgan fingerprint density at radius 2 is 2.35 bits per heavy atom. The summed E-state index contributed by atoms with van der Waals surface area (Å²) >= 11 is 0. The number of nitrogens with two attached hydrogens (primary N) is 1. The molecule has 10 heteroatoms. The van der Waals surface area contributed by atoms with Crippen molar-refractivity contribution >= 4 is 11.8 Å². The Labute approximate surface area is 93.9 Å². The van der Waals surface area contributed by atoms with Crippen LogP contribution in [-0.4, -0.2) is 38.4 Å². The zero-order valence-corrected chi connectivity index (χ0v) is 8.65. The van der Waals surface area contributed by atoms with E-state index in [2.05, 4.69) is 25.3 Å². The summed E-state index contributed by atoms with van der Waals surface area (Å²) in [4.78, 5) is 10.8. The summed E-state index contributed by atoms with van der Waals surface area (Å²) < 4.78 is 10.3. The number of hydrogen-bond donors (Lipinski definition) is 1. The zero-order chi connectivity index (χ0) is 12.4. The number of carbonyl (C=O) groups is 1. The minimum absolute atomic E-state index is 0.0389. The molecule has 0 unspecified atom stereocenters. The standard InChI is InChI=1S/C7H8N6O4/c1-16-2-3-4(7(14)15)9-12-13(3)6-5(8)10-17-11-6/h2H2,1H3,(H2,8,10)(H,14,15)/p-1. The summed E-state index contributed by atoms with van der Waals surface area (Å²) in [5.41, 5.74) is 5.24. The summed E-state index contributed by atoms with van der Waals surface area (Å²) in [6.07, 6.45) is 0. The molecule has 0 saturated carbocycles. The molecule has 2 aromatic rings. The van der Waals surface area contributed by atoms with Gasteiger partial charge in [-0.1, -0.05) is 5.21 Å². The van der Waals surface area contributed by atoms with E-state index in [4.69, 9.17) is 10.5 Å². The van der Waals surface area contributed by atoms with Gasteiger partial charge in [-0.3, -0.25) is 0 Å². The lowest BCUT2D eigenvalue weighted by molar-refractivity contribution is -0.255. The number of aromatic nitrogens is 5. The highest BCUT2D eigenvalue weighted by Crippen LogP contribution is 2.15. The van der Waals surface area contributed by atoms with Gasteiger partial charge < -0.3 is 20.4 Å². The molecule has 0 spiro atoms. The normalized spacial score (nSPS) is 10.6. The van der Waals surface area contributed by atoms with Crippen molar-refractivity contribution in [1.82, 2.24) is 25.3 Å². The van der Waals surface area contributed by atoms with Gasteiger partial charge in [0.15, 0.2) is 0 Å². The highest BCUT2D eigenvalue weighted by molar-refractivity contribution is 5.84. The van der Waals surface area contributed by atoms with Crippen LogP contribution in [0.1, 0.15) is 16.2 Å². The van der Waals surface area contributed by atoms with Crippen molar-refractivity contribution in [3.05, 3.63) is 11.4 Å². The van der Waals surface area contributed by atoms with E-state index < -0.39 is 5.97 Å². The SMILES string of the molecule is COCc1c(C(=O)[O-])nnn1-c1nonc1N. The Morgan fingerprint density at radius 1 is 1.59 bits per heavy atom. The number of nitrogens with zero attached hydrogens (tertiary/aromatic N) is 5. The molecule has 2 heterocycles. The molecule has 10 nitrogen and oxygen atoms in total. The van der Waals surface area contributed by atoms with Crippen molar-refractivity contribution in [3.8, 4) is 5.82 Å². The van der Waals surface area contributed by atoms with Gasteiger partial charge in [-0.05, 0) is 10.3 Å². The van der Waals surface area contributed by atoms with Gasteiger partial charge in [0.2, 0.25) is 11.6 Å². The molecule has 0 aromatic carbocycles. The average Bonchev–Trinajstić information content (AvgIpc) is 2.85. The number of ether oxygens (including phenoxy) is 1. The molecule has 0 aliphatic heterocycles. The van der Waals surface area contributed by atoms with Crippen molar-refractivity contribution in [2.75, 3.05) is 12.8 Å². The molecule has 2 aromatic heterocycles. The first kappa shape index (κ1) is 11.0. The van der Waals surface area contributed by atoms with Crippen molar-refractivity contribution in [2.24, 2.45) is 0 Å². The van der Waals surface area contributed by atoms with E-state index in [1.54, 1.807) is 0 Å². The number of anilines is 1. The predicted molar refractivity (Wildman–Crippen MR) is 48.7 cm³/mol. The number of carbonyl (C=O) groups excluding carboxylic acids is 1. The summed E-state index contributed by atoms with van der Waals surface area (Å²) in [6, 6.07) is 0. The molecular weight excluding hydrogens is 232 g/mol. The van der Waals surface area contributed by atoms with Gasteiger partial charge in [0.1, 0.15) is 11.4 Å². The van der Waals surface area contributed by atoms with Crippen LogP contribution in [0.3, 0.4) is 0 Å². The minimum Gasteiger partial charge on any atom is -0.543 e. The van der Waals surface area contributed by atoms with Gasteiger partial charge in [0, 0.05) is 7.11 Å². The minimum atomic E-state index is -1.47. The Bertz CT molecular complexity index is 546. The van der Waals surface area contributed by atoms with Crippen molar-refractivity contribution < 1.29 is 19.3 Å². The summed E-state index contributed by atoms with van der Waals surface area (Å²) in [7, 11) is 1.39. The molecule has 0 atom stereocenters. The molecule has 0 bridgehead atoms. The van der Waals surface area contributed by atoms with Gasteiger partial charge >= 0.3 is 0 Å². The lowest BCUT2D eigenvalue weighted by atomic mass is 10.3. The van der Waals surface area contributed by atoms with E-state index in [1.165, 1.54) is 7.11 Å². The number of carboxylic acids is 1. The lowest BCUT2D eigenvalue weighted by Crippen LogP contribution is -2.24. The summed E-state index contributed by atoms with van der Waals surface area (Å²) in [6.45, 7) is -0.0530. The van der Waals surface area contributed by atoms with E-state index >= 15 is 0 Å². The molecule has 0 fully saturated rings. The van der Waals surface area contributed by atoms with Crippen molar-refractivity contribution in [1.29, 1.82) is 0 Å². The van der Waals surface area contributed by atoms with Crippen LogP contribution in [0.5, 0.6) is 0 Å². The molecule has 2 N–H and O–H groups in total. The second kappa shape index (κ2) is 4.17. The third-order valence-corrected chi connectivity index (χ3v) is 1.93. The van der Waals surface area contributed by atoms with Crippen LogP contribution >= 0.6 is 0 Å². The predicted octanol–water partition coefficient (Wildman–Crippen LogP) is -2.26. The van der Waals surface area contributed by atoms with Crippen LogP contribution in [0, 0.1) is 0 Å². The van der Waals surface area contributed by atoms with Crippen LogP contribution in [0.25, 0.3) is 5.82 Å². The maximum Gasteiger partial charge on any atom is 0.243 e. The van der Waals surface area contributed by atoms with E-state index in [0.717, 1.165) is 4.68 Å². The van der Waals surface area contributed by atoms with Crippen LogP contribution < -0.4 is 10.8 Å². The summed E-state index contributed by atoms with van der Waals surface area (Å²) in [5.74, 6) is -1.48. The van der Waals surface area contributed by atoms with Crippen molar-refractivity contribution in [2.45, 2.75) is 6.61 Å². The second-order valence-electron chi connectivity index (χ2n) is 2.99. The van der Waals surface area contributed by atoms with Crippen LogP contribution in [0.15, 0.2) is 4.63 Å². The Hall–Kier alpha value is -2.49. The second-order valence-corrected chi connectivity index (χ2v) is 2.99. The number of aromatic carboxylic acids is 1. The molecule has 0 amide bonds. The van der Waals surface area contributed by atoms with E-state index in [1.807, 2.05) is 0 Å². The third-order valence-electron chi connectivity index (χ3n) is 1.93. The number of methoxy groups -OCH3 is 1. The topological polar surface area (TPSA) is 145 Å². The number of rotatable bonds is 4. The van der Waals surface area contributed by atoms with Crippen LogP contribution in [-0.2, 0) is 11.3 Å². The maximum atomic E-state index is 10.8. The maximum absolute atomic E-state index is 10.8. The largest absolute Gasteiger partial charge is 0.543 e. The lowest BCUT2D eigenvalue weighted by Gasteiger charge is -2.04. The molecule has 0 aliphatic carbocycles. The van der Waals surface area contributed by atoms with E-state index in [9.17, 15) is 9.90 Å². The Balaban J connectivity index is 2.55. The van der Waals surface area contributed by atoms with E-state index in [0.29, 0.717) is 0 Å². The number of carboxylic acid groups (broad SMARTS) is 1. The average molecular weight is 239 g/mol. The van der Waals surface area contributed by atoms with E-state index in [-0.39, 0.29) is 29.6 Å². The third kappa shape index (κ3) is 1.80. The van der Waals surface area contributed by atoms with Gasteiger partial charge in [-0.2, -0.15) is 4.68 Å². The van der Waals surface area contributed by atoms with Gasteiger partial charge in [-0.15, -0.1) is 5.10 Å². The Kier molecular flexibility index (Phi) is 2.70. The Morgan fingerprint density at radius 3 is 2.88 bits per heavy atom. The zero-order valence-electron chi connectivity index (χ0n) is 8.65. The molecule has 90 valence electrons. The fourth-order valence-electron chi connectivity index (χ4n) is 1.23. The molecule has 0 radical (unpaired) electrons. The first-order valence-electron chi connectivity index (χ1n) is 4.38. The molecule has 0 saturated heterocycles. The first-order chi connectivity index (χ1) is 8.15. The van der Waals surface area contributed by atoms with Gasteiger partial charge in [0.25, 0.3) is 0 Å². The quantitative estimate of drug-likeness (QED) is 0.624. The fraction of sp³-hybridized carbons (Fsp3) is 0.286. The first-order valence-corrected chi connectivity index (χ1v) is 4.38. The van der Waals surface area contributed by atoms with Gasteiger partial charge in [-0.25, -0.2) is 4.63 Å². The highest BCUT2D eigenvalue weighted by Gasteiger charge is 2.19. The molecular formula is C7H7N6O4-. The van der Waals surface area contributed by atoms with Gasteiger partial charge in [0.05, 0.1) is 12.6 Å². The number of nitrogen functional groups attached to an aromatic ring is 1. The smallest absolute Gasteiger partial charge is 0.243 e. The number of hydrogen-bond acceptors (Lipinski definition) is 9. The highest BCUT2D eigenvalue weighted by atomic mass is 16.6. The monoisotopic (exact) mass is 239 g/mol. The summed E-state index contributed by atoms with van der Waals surface area (Å²) in [5, 5.41) is 24.6. The molecule has 2 rings (SSSR count). The molecule has 17 heavy (non-hydrogen) atoms. The van der Waals surface area contributed by atoms with Crippen LogP contribution in [0.2, 0.25) is 0 Å². The van der Waals surface area contributed by atoms with Crippen LogP contribution in [0.4, 0.5) is 5.82 Å². The van der Waals surface area contributed by atoms with Crippen molar-refractivity contribution in [3.63, 3.8) is 0 Å². The molecule has 0 aliphatic rings. The fourth-order valence-corrected chi connectivity index (χ4v) is 1.23.